The van der Waals surface area contributed by atoms with E-state index in [0.29, 0.717) is 11.9 Å². The van der Waals surface area contributed by atoms with Crippen molar-refractivity contribution >= 4 is 18.3 Å². The Morgan fingerprint density at radius 2 is 2.00 bits per heavy atom. The van der Waals surface area contributed by atoms with Crippen LogP contribution >= 0.6 is 12.4 Å². The standard InChI is InChI=1S/C14H27N3O.ClH/c1-16(2)10-13-7-4-8-17(13)14(18)11-5-3-6-12(15)9-11;/h11-13H,3-10,15H2,1-2H3;1H. The van der Waals surface area contributed by atoms with Gasteiger partial charge in [0.1, 0.15) is 0 Å². The van der Waals surface area contributed by atoms with E-state index in [4.69, 9.17) is 5.73 Å². The van der Waals surface area contributed by atoms with Crippen LogP contribution in [-0.2, 0) is 4.79 Å². The first-order valence-corrected chi connectivity index (χ1v) is 7.28. The number of hydrogen-bond acceptors (Lipinski definition) is 3. The summed E-state index contributed by atoms with van der Waals surface area (Å²) in [5.41, 5.74) is 6.00. The minimum atomic E-state index is 0. The van der Waals surface area contributed by atoms with Crippen molar-refractivity contribution in [2.24, 2.45) is 11.7 Å². The number of carbonyl (C=O) groups excluding carboxylic acids is 1. The zero-order chi connectivity index (χ0) is 13.1. The summed E-state index contributed by atoms with van der Waals surface area (Å²) in [6, 6.07) is 0.660. The second kappa shape index (κ2) is 7.46. The molecule has 0 spiro atoms. The number of amides is 1. The predicted molar refractivity (Wildman–Crippen MR) is 80.5 cm³/mol. The van der Waals surface area contributed by atoms with E-state index in [1.54, 1.807) is 0 Å². The quantitative estimate of drug-likeness (QED) is 0.856. The molecule has 1 amide bonds. The molecule has 0 aromatic heterocycles. The zero-order valence-electron chi connectivity index (χ0n) is 12.2. The normalized spacial score (nSPS) is 31.4. The molecule has 1 aliphatic carbocycles. The van der Waals surface area contributed by atoms with Gasteiger partial charge in [0.25, 0.3) is 0 Å². The molecule has 0 aromatic carbocycles. The second-order valence-corrected chi connectivity index (χ2v) is 6.21. The lowest BCUT2D eigenvalue weighted by Gasteiger charge is -2.33. The molecule has 5 heteroatoms. The molecule has 1 heterocycles. The van der Waals surface area contributed by atoms with Crippen molar-refractivity contribution in [3.63, 3.8) is 0 Å². The molecule has 0 radical (unpaired) electrons. The third kappa shape index (κ3) is 4.33. The maximum absolute atomic E-state index is 12.6. The van der Waals surface area contributed by atoms with Gasteiger partial charge in [0.05, 0.1) is 0 Å². The Morgan fingerprint density at radius 3 is 2.63 bits per heavy atom. The Bertz CT molecular complexity index is 298. The molecule has 19 heavy (non-hydrogen) atoms. The number of rotatable bonds is 3. The Balaban J connectivity index is 0.00000180. The van der Waals surface area contributed by atoms with Gasteiger partial charge in [0.2, 0.25) is 5.91 Å². The van der Waals surface area contributed by atoms with Crippen LogP contribution < -0.4 is 5.73 Å². The Kier molecular flexibility index (Phi) is 6.57. The third-order valence-corrected chi connectivity index (χ3v) is 4.30. The van der Waals surface area contributed by atoms with Gasteiger partial charge in [-0.25, -0.2) is 0 Å². The second-order valence-electron chi connectivity index (χ2n) is 6.21. The molecule has 112 valence electrons. The van der Waals surface area contributed by atoms with Crippen LogP contribution in [0.5, 0.6) is 0 Å². The van der Waals surface area contributed by atoms with Crippen LogP contribution in [0.2, 0.25) is 0 Å². The van der Waals surface area contributed by atoms with Crippen LogP contribution in [-0.4, -0.2) is 55.0 Å². The van der Waals surface area contributed by atoms with E-state index in [1.807, 2.05) is 0 Å². The summed E-state index contributed by atoms with van der Waals surface area (Å²) in [6.07, 6.45) is 6.45. The van der Waals surface area contributed by atoms with Gasteiger partial charge in [-0.2, -0.15) is 0 Å². The number of nitrogens with two attached hydrogens (primary N) is 1. The highest BCUT2D eigenvalue weighted by molar-refractivity contribution is 5.85. The number of hydrogen-bond donors (Lipinski definition) is 1. The summed E-state index contributed by atoms with van der Waals surface area (Å²) < 4.78 is 0. The van der Waals surface area contributed by atoms with Gasteiger partial charge < -0.3 is 15.5 Å². The number of halogens is 1. The van der Waals surface area contributed by atoms with Gasteiger partial charge in [-0.05, 0) is 46.2 Å². The fraction of sp³-hybridized carbons (Fsp3) is 0.929. The van der Waals surface area contributed by atoms with Crippen LogP contribution in [0.25, 0.3) is 0 Å². The lowest BCUT2D eigenvalue weighted by molar-refractivity contribution is -0.137. The first-order valence-electron chi connectivity index (χ1n) is 7.28. The van der Waals surface area contributed by atoms with Crippen LogP contribution in [0.1, 0.15) is 38.5 Å². The first-order chi connectivity index (χ1) is 8.58. The minimum absolute atomic E-state index is 0. The molecule has 0 bridgehead atoms. The topological polar surface area (TPSA) is 49.6 Å². The number of nitrogens with zero attached hydrogens (tertiary/aromatic N) is 2. The van der Waals surface area contributed by atoms with Crippen LogP contribution in [0.15, 0.2) is 0 Å². The van der Waals surface area contributed by atoms with Crippen molar-refractivity contribution in [2.45, 2.75) is 50.6 Å². The predicted octanol–water partition coefficient (Wildman–Crippen LogP) is 1.48. The van der Waals surface area contributed by atoms with Gasteiger partial charge in [0.15, 0.2) is 0 Å². The zero-order valence-corrected chi connectivity index (χ0v) is 13.0. The SMILES string of the molecule is CN(C)CC1CCCN1C(=O)C1CCCC(N)C1.Cl. The molecule has 1 aliphatic heterocycles. The van der Waals surface area contributed by atoms with E-state index in [2.05, 4.69) is 23.9 Å². The molecule has 3 atom stereocenters. The van der Waals surface area contributed by atoms with E-state index >= 15 is 0 Å². The molecule has 0 aromatic rings. The number of likely N-dealkylation sites (tertiary alicyclic amines) is 1. The molecule has 2 N–H and O–H groups in total. The largest absolute Gasteiger partial charge is 0.338 e. The molecule has 3 unspecified atom stereocenters. The summed E-state index contributed by atoms with van der Waals surface area (Å²) in [4.78, 5) is 16.9. The average Bonchev–Trinajstić information content (AvgIpc) is 2.75. The first kappa shape index (κ1) is 16.7. The molecule has 2 rings (SSSR count). The smallest absolute Gasteiger partial charge is 0.226 e. The fourth-order valence-electron chi connectivity index (χ4n) is 3.42. The average molecular weight is 290 g/mol. The maximum atomic E-state index is 12.6. The molecular formula is C14H28ClN3O. The molecule has 4 nitrogen and oxygen atoms in total. The van der Waals surface area contributed by atoms with Crippen molar-refractivity contribution < 1.29 is 4.79 Å². The van der Waals surface area contributed by atoms with Crippen molar-refractivity contribution in [1.29, 1.82) is 0 Å². The van der Waals surface area contributed by atoms with Gasteiger partial charge in [0, 0.05) is 31.1 Å². The van der Waals surface area contributed by atoms with E-state index < -0.39 is 0 Å². The third-order valence-electron chi connectivity index (χ3n) is 4.30. The summed E-state index contributed by atoms with van der Waals surface area (Å²) in [5.74, 6) is 0.561. The summed E-state index contributed by atoms with van der Waals surface area (Å²) >= 11 is 0. The molecule has 2 aliphatic rings. The van der Waals surface area contributed by atoms with Gasteiger partial charge >= 0.3 is 0 Å². The summed E-state index contributed by atoms with van der Waals surface area (Å²) in [5, 5.41) is 0. The number of likely N-dealkylation sites (N-methyl/N-ethyl adjacent to an activating group) is 1. The fourth-order valence-corrected chi connectivity index (χ4v) is 3.42. The Hall–Kier alpha value is -0.320. The monoisotopic (exact) mass is 289 g/mol. The van der Waals surface area contributed by atoms with Crippen molar-refractivity contribution in [1.82, 2.24) is 9.80 Å². The van der Waals surface area contributed by atoms with Gasteiger partial charge in [-0.3, -0.25) is 4.79 Å². The molecule has 1 saturated carbocycles. The lowest BCUT2D eigenvalue weighted by Crippen LogP contribution is -2.46. The maximum Gasteiger partial charge on any atom is 0.226 e. The summed E-state index contributed by atoms with van der Waals surface area (Å²) in [6.45, 7) is 1.94. The van der Waals surface area contributed by atoms with Crippen LogP contribution in [0, 0.1) is 5.92 Å². The van der Waals surface area contributed by atoms with Crippen molar-refractivity contribution in [2.75, 3.05) is 27.2 Å². The van der Waals surface area contributed by atoms with E-state index in [0.717, 1.165) is 51.6 Å². The lowest BCUT2D eigenvalue weighted by atomic mass is 9.85. The minimum Gasteiger partial charge on any atom is -0.338 e. The Morgan fingerprint density at radius 1 is 1.26 bits per heavy atom. The van der Waals surface area contributed by atoms with Gasteiger partial charge in [-0.15, -0.1) is 12.4 Å². The van der Waals surface area contributed by atoms with Crippen molar-refractivity contribution in [3.05, 3.63) is 0 Å². The highest BCUT2D eigenvalue weighted by Gasteiger charge is 2.34. The molecular weight excluding hydrogens is 262 g/mol. The van der Waals surface area contributed by atoms with E-state index in [9.17, 15) is 4.79 Å². The van der Waals surface area contributed by atoms with Crippen molar-refractivity contribution in [3.8, 4) is 0 Å². The van der Waals surface area contributed by atoms with Gasteiger partial charge in [-0.1, -0.05) is 6.42 Å². The highest BCUT2D eigenvalue weighted by atomic mass is 35.5. The number of carbonyl (C=O) groups is 1. The van der Waals surface area contributed by atoms with E-state index in [1.165, 1.54) is 0 Å². The Labute approximate surface area is 123 Å². The molecule has 1 saturated heterocycles. The summed E-state index contributed by atoms with van der Waals surface area (Å²) in [7, 11) is 4.16. The highest BCUT2D eigenvalue weighted by Crippen LogP contribution is 2.28. The van der Waals surface area contributed by atoms with E-state index in [-0.39, 0.29) is 24.4 Å². The molecule has 2 fully saturated rings. The van der Waals surface area contributed by atoms with Crippen LogP contribution in [0.4, 0.5) is 0 Å². The van der Waals surface area contributed by atoms with Crippen LogP contribution in [0.3, 0.4) is 0 Å².